The van der Waals surface area contributed by atoms with Crippen LogP contribution in [0.4, 0.5) is 4.79 Å². The molecular weight excluding hydrogens is 238 g/mol. The van der Waals surface area contributed by atoms with Gasteiger partial charge in [-0.05, 0) is 18.1 Å². The summed E-state index contributed by atoms with van der Waals surface area (Å²) in [4.78, 5) is 22.4. The normalized spacial score (nSPS) is 23.8. The number of rotatable bonds is 4. The van der Waals surface area contributed by atoms with Crippen LogP contribution in [-0.4, -0.2) is 37.4 Å². The van der Waals surface area contributed by atoms with Gasteiger partial charge in [-0.3, -0.25) is 0 Å². The number of carbonyl (C=O) groups is 2. The molecule has 6 nitrogen and oxygen atoms in total. The van der Waals surface area contributed by atoms with E-state index in [1.165, 1.54) is 14.2 Å². The average Bonchev–Trinajstić information content (AvgIpc) is 2.36. The van der Waals surface area contributed by atoms with Crippen molar-refractivity contribution < 1.29 is 24.2 Å². The van der Waals surface area contributed by atoms with Crippen LogP contribution in [0.5, 0.6) is 0 Å². The largest absolute Gasteiger partial charge is 0.497 e. The monoisotopic (exact) mass is 255 g/mol. The lowest BCUT2D eigenvalue weighted by Gasteiger charge is -2.28. The molecule has 0 bridgehead atoms. The fourth-order valence-corrected chi connectivity index (χ4v) is 1.82. The molecule has 2 N–H and O–H groups in total. The number of carbonyl (C=O) groups excluding carboxylic acids is 1. The Labute approximate surface area is 105 Å². The number of carboxylic acids is 1. The Balaban J connectivity index is 2.91. The van der Waals surface area contributed by atoms with Crippen LogP contribution in [0.3, 0.4) is 0 Å². The predicted molar refractivity (Wildman–Crippen MR) is 63.9 cm³/mol. The lowest BCUT2D eigenvalue weighted by molar-refractivity contribution is -0.140. The van der Waals surface area contributed by atoms with Gasteiger partial charge >= 0.3 is 12.1 Å². The van der Waals surface area contributed by atoms with Crippen LogP contribution in [0, 0.1) is 11.8 Å². The molecule has 2 unspecified atom stereocenters. The molecule has 18 heavy (non-hydrogen) atoms. The Morgan fingerprint density at radius 2 is 2.11 bits per heavy atom. The highest BCUT2D eigenvalue weighted by molar-refractivity contribution is 5.80. The number of hydrogen-bond donors (Lipinski definition) is 2. The topological polar surface area (TPSA) is 84.9 Å². The zero-order valence-electron chi connectivity index (χ0n) is 10.5. The Kier molecular flexibility index (Phi) is 4.76. The number of carboxylic acid groups (broad SMARTS) is 1. The van der Waals surface area contributed by atoms with Crippen molar-refractivity contribution >= 4 is 12.1 Å². The highest BCUT2D eigenvalue weighted by atomic mass is 16.5. The number of alkyl carbamates (subject to hydrolysis) is 1. The van der Waals surface area contributed by atoms with Gasteiger partial charge in [0.15, 0.2) is 0 Å². The highest BCUT2D eigenvalue weighted by Gasteiger charge is 2.33. The number of methoxy groups -OCH3 is 2. The van der Waals surface area contributed by atoms with Gasteiger partial charge in [0.1, 0.15) is 11.8 Å². The van der Waals surface area contributed by atoms with Gasteiger partial charge in [0, 0.05) is 5.92 Å². The second kappa shape index (κ2) is 6.09. The summed E-state index contributed by atoms with van der Waals surface area (Å²) in [7, 11) is 2.70. The minimum atomic E-state index is -1.11. The number of amides is 1. The first-order valence-electron chi connectivity index (χ1n) is 5.51. The van der Waals surface area contributed by atoms with E-state index in [2.05, 4.69) is 10.1 Å². The molecule has 0 aliphatic heterocycles. The van der Waals surface area contributed by atoms with Crippen molar-refractivity contribution in [3.63, 3.8) is 0 Å². The molecule has 0 aromatic heterocycles. The van der Waals surface area contributed by atoms with E-state index in [1.54, 1.807) is 12.2 Å². The second-order valence-corrected chi connectivity index (χ2v) is 4.02. The number of hydrogen-bond acceptors (Lipinski definition) is 4. The number of ether oxygens (including phenoxy) is 2. The Bertz CT molecular complexity index is 388. The number of nitrogens with one attached hydrogen (secondary N) is 1. The summed E-state index contributed by atoms with van der Waals surface area (Å²) in [6.07, 6.45) is 4.55. The smallest absolute Gasteiger partial charge is 0.407 e. The van der Waals surface area contributed by atoms with Crippen LogP contribution in [0.25, 0.3) is 0 Å². The molecule has 0 radical (unpaired) electrons. The van der Waals surface area contributed by atoms with Crippen LogP contribution in [0.1, 0.15) is 6.92 Å². The van der Waals surface area contributed by atoms with E-state index >= 15 is 0 Å². The zero-order chi connectivity index (χ0) is 13.7. The third kappa shape index (κ3) is 3.26. The van der Waals surface area contributed by atoms with E-state index < -0.39 is 18.1 Å². The van der Waals surface area contributed by atoms with Crippen LogP contribution < -0.4 is 5.32 Å². The summed E-state index contributed by atoms with van der Waals surface area (Å²) in [6, 6.07) is -1.05. The summed E-state index contributed by atoms with van der Waals surface area (Å²) in [5, 5.41) is 11.5. The van der Waals surface area contributed by atoms with Crippen LogP contribution >= 0.6 is 0 Å². The molecule has 1 aliphatic rings. The summed E-state index contributed by atoms with van der Waals surface area (Å²) in [5.74, 6) is -0.945. The SMILES string of the molecule is COC(=O)N[C@@H](C(=O)O)C1C=C(OC)C=CC1C. The fourth-order valence-electron chi connectivity index (χ4n) is 1.82. The van der Waals surface area contributed by atoms with Crippen molar-refractivity contribution in [2.75, 3.05) is 14.2 Å². The maximum Gasteiger partial charge on any atom is 0.407 e. The van der Waals surface area contributed by atoms with E-state index in [9.17, 15) is 14.7 Å². The molecule has 0 aromatic rings. The van der Waals surface area contributed by atoms with Crippen molar-refractivity contribution in [2.24, 2.45) is 11.8 Å². The van der Waals surface area contributed by atoms with Crippen molar-refractivity contribution in [3.05, 3.63) is 24.0 Å². The molecule has 0 heterocycles. The van der Waals surface area contributed by atoms with Gasteiger partial charge in [-0.2, -0.15) is 0 Å². The minimum Gasteiger partial charge on any atom is -0.497 e. The minimum absolute atomic E-state index is 0.0258. The number of aliphatic carboxylic acids is 1. The second-order valence-electron chi connectivity index (χ2n) is 4.02. The van der Waals surface area contributed by atoms with Gasteiger partial charge in [-0.1, -0.05) is 13.0 Å². The van der Waals surface area contributed by atoms with Crippen molar-refractivity contribution in [1.29, 1.82) is 0 Å². The number of allylic oxidation sites excluding steroid dienone is 2. The van der Waals surface area contributed by atoms with E-state index in [-0.39, 0.29) is 11.8 Å². The maximum atomic E-state index is 11.2. The zero-order valence-corrected chi connectivity index (χ0v) is 10.5. The summed E-state index contributed by atoms with van der Waals surface area (Å²) in [5.41, 5.74) is 0. The molecule has 1 rings (SSSR count). The first kappa shape index (κ1) is 14.1. The maximum absolute atomic E-state index is 11.2. The molecule has 6 heteroatoms. The molecule has 0 fully saturated rings. The third-order valence-corrected chi connectivity index (χ3v) is 2.87. The van der Waals surface area contributed by atoms with Gasteiger partial charge in [0.25, 0.3) is 0 Å². The van der Waals surface area contributed by atoms with E-state index in [4.69, 9.17) is 4.74 Å². The van der Waals surface area contributed by atoms with Gasteiger partial charge in [0.05, 0.1) is 14.2 Å². The molecule has 3 atom stereocenters. The molecule has 0 saturated carbocycles. The van der Waals surface area contributed by atoms with E-state index in [1.807, 2.05) is 13.0 Å². The third-order valence-electron chi connectivity index (χ3n) is 2.87. The summed E-state index contributed by atoms with van der Waals surface area (Å²) >= 11 is 0. The fraction of sp³-hybridized carbons (Fsp3) is 0.500. The molecule has 1 aliphatic carbocycles. The molecular formula is C12H17NO5. The molecule has 0 spiro atoms. The summed E-state index contributed by atoms with van der Waals surface area (Å²) < 4.78 is 9.50. The van der Waals surface area contributed by atoms with Crippen LogP contribution in [-0.2, 0) is 14.3 Å². The van der Waals surface area contributed by atoms with Gasteiger partial charge < -0.3 is 19.9 Å². The molecule has 100 valence electrons. The Hall–Kier alpha value is -1.98. The Morgan fingerprint density at radius 3 is 2.61 bits per heavy atom. The first-order chi connectivity index (χ1) is 8.49. The Morgan fingerprint density at radius 1 is 1.44 bits per heavy atom. The van der Waals surface area contributed by atoms with Gasteiger partial charge in [-0.25, -0.2) is 9.59 Å². The lowest BCUT2D eigenvalue weighted by atomic mass is 9.83. The van der Waals surface area contributed by atoms with E-state index in [0.29, 0.717) is 5.76 Å². The average molecular weight is 255 g/mol. The van der Waals surface area contributed by atoms with Crippen LogP contribution in [0.15, 0.2) is 24.0 Å². The van der Waals surface area contributed by atoms with Gasteiger partial charge in [0.2, 0.25) is 0 Å². The van der Waals surface area contributed by atoms with E-state index in [0.717, 1.165) is 0 Å². The van der Waals surface area contributed by atoms with Crippen LogP contribution in [0.2, 0.25) is 0 Å². The predicted octanol–water partition coefficient (Wildman–Crippen LogP) is 1.15. The molecule has 0 saturated heterocycles. The quantitative estimate of drug-likeness (QED) is 0.787. The van der Waals surface area contributed by atoms with Crippen molar-refractivity contribution in [2.45, 2.75) is 13.0 Å². The summed E-state index contributed by atoms with van der Waals surface area (Å²) in [6.45, 7) is 1.87. The first-order valence-corrected chi connectivity index (χ1v) is 5.51. The lowest BCUT2D eigenvalue weighted by Crippen LogP contribution is -2.47. The standard InChI is InChI=1S/C12H17NO5/c1-7-4-5-8(17-2)6-9(7)10(11(14)15)13-12(16)18-3/h4-7,9-10H,1-3H3,(H,13,16)(H,14,15)/t7?,9?,10-/m1/s1. The van der Waals surface area contributed by atoms with Crippen molar-refractivity contribution in [1.82, 2.24) is 5.32 Å². The molecule has 1 amide bonds. The van der Waals surface area contributed by atoms with Crippen molar-refractivity contribution in [3.8, 4) is 0 Å². The molecule has 0 aromatic carbocycles. The van der Waals surface area contributed by atoms with Gasteiger partial charge in [-0.15, -0.1) is 0 Å². The highest BCUT2D eigenvalue weighted by Crippen LogP contribution is 2.26.